The van der Waals surface area contributed by atoms with Gasteiger partial charge in [0.2, 0.25) is 0 Å². The van der Waals surface area contributed by atoms with Crippen molar-refractivity contribution in [2.45, 2.75) is 51.2 Å². The molecule has 1 amide bonds. The quantitative estimate of drug-likeness (QED) is 0.572. The van der Waals surface area contributed by atoms with Gasteiger partial charge in [-0.05, 0) is 44.2 Å². The Morgan fingerprint density at radius 1 is 1.23 bits per heavy atom. The number of imidazole rings is 1. The van der Waals surface area contributed by atoms with Crippen LogP contribution in [0.1, 0.15) is 48.2 Å². The Balaban J connectivity index is 1.61. The van der Waals surface area contributed by atoms with Gasteiger partial charge in [-0.25, -0.2) is 15.0 Å². The number of aryl methyl sites for hydroxylation is 1. The van der Waals surface area contributed by atoms with Gasteiger partial charge >= 0.3 is 5.97 Å². The number of carbonyl (C=O) groups excluding carboxylic acids is 1. The summed E-state index contributed by atoms with van der Waals surface area (Å²) in [5.41, 5.74) is 1.06. The number of amides is 1. The van der Waals surface area contributed by atoms with Crippen molar-refractivity contribution >= 4 is 34.5 Å². The molecule has 1 fully saturated rings. The molecule has 0 bridgehead atoms. The van der Waals surface area contributed by atoms with Crippen molar-refractivity contribution in [1.82, 2.24) is 29.4 Å². The number of nitrogens with zero attached hydrogens (tertiary/aromatic N) is 5. The smallest absolute Gasteiger partial charge is 0.323 e. The molecule has 1 aliphatic carbocycles. The fourth-order valence-corrected chi connectivity index (χ4v) is 4.70. The third-order valence-corrected chi connectivity index (χ3v) is 6.02. The fraction of sp³-hybridized carbons (Fsp3) is 0.400. The van der Waals surface area contributed by atoms with E-state index in [-0.39, 0.29) is 23.7 Å². The van der Waals surface area contributed by atoms with Crippen molar-refractivity contribution in [2.75, 3.05) is 5.32 Å². The minimum Gasteiger partial charge on any atom is -0.480 e. The van der Waals surface area contributed by atoms with E-state index >= 15 is 0 Å². The lowest BCUT2D eigenvalue weighted by Gasteiger charge is -2.35. The van der Waals surface area contributed by atoms with E-state index in [4.69, 9.17) is 5.11 Å². The second kappa shape index (κ2) is 6.89. The lowest BCUT2D eigenvalue weighted by molar-refractivity contribution is -0.137. The largest absolute Gasteiger partial charge is 0.480 e. The van der Waals surface area contributed by atoms with Crippen LogP contribution in [0.3, 0.4) is 0 Å². The number of pyridine rings is 1. The van der Waals surface area contributed by atoms with Crippen molar-refractivity contribution < 1.29 is 14.7 Å². The molecule has 0 unspecified atom stereocenters. The average Bonchev–Trinajstić information content (AvgIpc) is 3.26. The standard InChI is InChI=1S/C20H21N7O4/c1-11-7-12(19(31)27-15(11)18(30)25-20(27)5-3-2-4-6-20)24-16-14-17(22-9-21-16)26(10-23-14)8-13(28)29/h7,9-10H,2-6,8H2,1H3,(H,25,30)(H,28,29)(H,21,22,24). The third-order valence-electron chi connectivity index (χ3n) is 6.02. The summed E-state index contributed by atoms with van der Waals surface area (Å²) >= 11 is 0. The number of fused-ring (bicyclic) bond motifs is 3. The van der Waals surface area contributed by atoms with Gasteiger partial charge in [-0.3, -0.25) is 19.0 Å². The predicted molar refractivity (Wildman–Crippen MR) is 110 cm³/mol. The first kappa shape index (κ1) is 19.2. The summed E-state index contributed by atoms with van der Waals surface area (Å²) in [6, 6.07) is 1.64. The van der Waals surface area contributed by atoms with Crippen LogP contribution < -0.4 is 16.2 Å². The van der Waals surface area contributed by atoms with Crippen molar-refractivity contribution in [3.63, 3.8) is 0 Å². The number of anilines is 2. The van der Waals surface area contributed by atoms with E-state index in [0.717, 1.165) is 19.3 Å². The molecule has 1 saturated carbocycles. The van der Waals surface area contributed by atoms with Crippen molar-refractivity contribution in [1.29, 1.82) is 0 Å². The number of carbonyl (C=O) groups is 2. The third kappa shape index (κ3) is 2.95. The number of nitrogens with one attached hydrogen (secondary N) is 2. The van der Waals surface area contributed by atoms with Gasteiger partial charge in [0.1, 0.15) is 29.9 Å². The van der Waals surface area contributed by atoms with Crippen LogP contribution in [0.4, 0.5) is 11.5 Å². The Labute approximate surface area is 176 Å². The zero-order valence-corrected chi connectivity index (χ0v) is 16.9. The van der Waals surface area contributed by atoms with Crippen LogP contribution in [0.25, 0.3) is 11.2 Å². The Kier molecular flexibility index (Phi) is 4.27. The van der Waals surface area contributed by atoms with Crippen LogP contribution in [0.5, 0.6) is 0 Å². The van der Waals surface area contributed by atoms with Crippen molar-refractivity contribution in [3.05, 3.63) is 40.3 Å². The van der Waals surface area contributed by atoms with Gasteiger partial charge in [-0.15, -0.1) is 0 Å². The van der Waals surface area contributed by atoms with E-state index in [1.807, 2.05) is 0 Å². The summed E-state index contributed by atoms with van der Waals surface area (Å²) in [5, 5.41) is 15.2. The van der Waals surface area contributed by atoms with E-state index in [1.165, 1.54) is 17.2 Å². The van der Waals surface area contributed by atoms with Crippen LogP contribution in [0.15, 0.2) is 23.5 Å². The molecule has 160 valence electrons. The SMILES string of the molecule is Cc1cc(Nc2ncnc3c2ncn3CC(=O)O)c(=O)n2c1C(=O)NC21CCCCC1. The predicted octanol–water partition coefficient (Wildman–Crippen LogP) is 1.48. The molecule has 0 atom stereocenters. The maximum Gasteiger partial charge on any atom is 0.323 e. The summed E-state index contributed by atoms with van der Waals surface area (Å²) in [6.07, 6.45) is 7.05. The molecule has 11 nitrogen and oxygen atoms in total. The molecule has 3 N–H and O–H groups in total. The lowest BCUT2D eigenvalue weighted by Crippen LogP contribution is -2.48. The molecule has 1 spiro atoms. The first-order valence-corrected chi connectivity index (χ1v) is 10.1. The van der Waals surface area contributed by atoms with E-state index in [2.05, 4.69) is 25.6 Å². The van der Waals surface area contributed by atoms with Crippen LogP contribution in [-0.2, 0) is 17.0 Å². The summed E-state index contributed by atoms with van der Waals surface area (Å²) in [7, 11) is 0. The average molecular weight is 423 g/mol. The van der Waals surface area contributed by atoms with Gasteiger partial charge in [0.25, 0.3) is 11.5 Å². The molecule has 4 heterocycles. The van der Waals surface area contributed by atoms with Crippen LogP contribution in [0.2, 0.25) is 0 Å². The molecule has 0 radical (unpaired) electrons. The maximum absolute atomic E-state index is 13.5. The number of carboxylic acids is 1. The van der Waals surface area contributed by atoms with Crippen molar-refractivity contribution in [2.24, 2.45) is 0 Å². The first-order valence-electron chi connectivity index (χ1n) is 10.1. The molecule has 31 heavy (non-hydrogen) atoms. The Morgan fingerprint density at radius 3 is 2.74 bits per heavy atom. The molecular formula is C20H21N7O4. The zero-order valence-electron chi connectivity index (χ0n) is 16.9. The topological polar surface area (TPSA) is 144 Å². The van der Waals surface area contributed by atoms with Crippen molar-refractivity contribution in [3.8, 4) is 0 Å². The van der Waals surface area contributed by atoms with Crippen LogP contribution in [-0.4, -0.2) is 41.1 Å². The second-order valence-electron chi connectivity index (χ2n) is 8.06. The molecule has 0 aromatic carbocycles. The molecule has 11 heteroatoms. The summed E-state index contributed by atoms with van der Waals surface area (Å²) < 4.78 is 3.00. The second-order valence-corrected chi connectivity index (χ2v) is 8.06. The number of aliphatic carboxylic acids is 1. The maximum atomic E-state index is 13.5. The fourth-order valence-electron chi connectivity index (χ4n) is 4.70. The highest BCUT2D eigenvalue weighted by Crippen LogP contribution is 2.37. The van der Waals surface area contributed by atoms with Crippen LogP contribution in [0, 0.1) is 6.92 Å². The zero-order chi connectivity index (χ0) is 21.8. The number of hydrogen-bond donors (Lipinski definition) is 3. The monoisotopic (exact) mass is 423 g/mol. The highest BCUT2D eigenvalue weighted by Gasteiger charge is 2.45. The first-order chi connectivity index (χ1) is 14.9. The van der Waals surface area contributed by atoms with E-state index in [9.17, 15) is 14.4 Å². The van der Waals surface area contributed by atoms with Gasteiger partial charge in [-0.2, -0.15) is 0 Å². The normalized spacial score (nSPS) is 17.0. The molecule has 3 aromatic rings. The number of rotatable bonds is 4. The lowest BCUT2D eigenvalue weighted by atomic mass is 9.89. The number of carboxylic acid groups (broad SMARTS) is 1. The summed E-state index contributed by atoms with van der Waals surface area (Å²) in [4.78, 5) is 49.8. The highest BCUT2D eigenvalue weighted by atomic mass is 16.4. The molecule has 5 rings (SSSR count). The number of hydrogen-bond acceptors (Lipinski definition) is 7. The van der Waals surface area contributed by atoms with Gasteiger partial charge in [0, 0.05) is 0 Å². The highest BCUT2D eigenvalue weighted by molar-refractivity contribution is 5.97. The summed E-state index contributed by atoms with van der Waals surface area (Å²) in [6.45, 7) is 1.51. The minimum absolute atomic E-state index is 0.222. The van der Waals surface area contributed by atoms with Gasteiger partial charge in [-0.1, -0.05) is 6.42 Å². The Hall–Kier alpha value is -3.76. The molecule has 1 aliphatic heterocycles. The van der Waals surface area contributed by atoms with E-state index in [0.29, 0.717) is 41.1 Å². The Bertz CT molecular complexity index is 1290. The molecule has 3 aromatic heterocycles. The molecular weight excluding hydrogens is 402 g/mol. The van der Waals surface area contributed by atoms with Gasteiger partial charge < -0.3 is 20.3 Å². The van der Waals surface area contributed by atoms with E-state index in [1.54, 1.807) is 17.6 Å². The van der Waals surface area contributed by atoms with Crippen LogP contribution >= 0.6 is 0 Å². The number of aromatic nitrogens is 5. The minimum atomic E-state index is -1.02. The van der Waals surface area contributed by atoms with Gasteiger partial charge in [0.15, 0.2) is 17.0 Å². The molecule has 2 aliphatic rings. The van der Waals surface area contributed by atoms with Gasteiger partial charge in [0.05, 0.1) is 6.33 Å². The van der Waals surface area contributed by atoms with E-state index < -0.39 is 11.6 Å². The Morgan fingerprint density at radius 2 is 2.00 bits per heavy atom. The molecule has 0 saturated heterocycles. The summed E-state index contributed by atoms with van der Waals surface area (Å²) in [5.74, 6) is -0.948.